The van der Waals surface area contributed by atoms with Gasteiger partial charge in [-0.2, -0.15) is 0 Å². The molecule has 1 unspecified atom stereocenters. The normalized spacial score (nSPS) is 12.8. The van der Waals surface area contributed by atoms with E-state index in [1.54, 1.807) is 25.6 Å². The van der Waals surface area contributed by atoms with E-state index < -0.39 is 0 Å². The number of methoxy groups -OCH3 is 2. The van der Waals surface area contributed by atoms with Gasteiger partial charge in [-0.15, -0.1) is 11.3 Å². The maximum absolute atomic E-state index is 5.46. The lowest BCUT2D eigenvalue weighted by Gasteiger charge is -2.28. The Morgan fingerprint density at radius 2 is 1.89 bits per heavy atom. The lowest BCUT2D eigenvalue weighted by molar-refractivity contribution is 0.293. The Hall–Kier alpha value is -2.25. The van der Waals surface area contributed by atoms with Crippen LogP contribution in [0.15, 0.2) is 40.7 Å². The summed E-state index contributed by atoms with van der Waals surface area (Å²) in [6, 6.07) is 10.5. The zero-order chi connectivity index (χ0) is 20.5. The number of thiophene rings is 1. The van der Waals surface area contributed by atoms with E-state index in [4.69, 9.17) is 9.47 Å². The SMILES string of the molecule is CN=C(NCC(c1ccc(OC)c(OC)c1)N(C)C)N(C)CCc1cccs1. The molecule has 1 atom stereocenters. The van der Waals surface area contributed by atoms with Gasteiger partial charge in [0.15, 0.2) is 17.5 Å². The van der Waals surface area contributed by atoms with Crippen LogP contribution < -0.4 is 14.8 Å². The molecule has 0 spiro atoms. The zero-order valence-corrected chi connectivity index (χ0v) is 18.5. The number of likely N-dealkylation sites (N-methyl/N-ethyl adjacent to an activating group) is 2. The second kappa shape index (κ2) is 10.9. The molecule has 6 nitrogen and oxygen atoms in total. The monoisotopic (exact) mass is 404 g/mol. The van der Waals surface area contributed by atoms with Gasteiger partial charge in [0.1, 0.15) is 0 Å². The van der Waals surface area contributed by atoms with Crippen molar-refractivity contribution in [2.45, 2.75) is 12.5 Å². The summed E-state index contributed by atoms with van der Waals surface area (Å²) in [5.74, 6) is 2.37. The van der Waals surface area contributed by atoms with E-state index in [1.165, 1.54) is 4.88 Å². The highest BCUT2D eigenvalue weighted by Gasteiger charge is 2.18. The highest BCUT2D eigenvalue weighted by molar-refractivity contribution is 7.09. The first-order chi connectivity index (χ1) is 13.5. The van der Waals surface area contributed by atoms with E-state index in [0.717, 1.165) is 42.5 Å². The summed E-state index contributed by atoms with van der Waals surface area (Å²) in [7, 11) is 11.4. The average Bonchev–Trinajstić information content (AvgIpc) is 3.22. The van der Waals surface area contributed by atoms with Gasteiger partial charge in [-0.3, -0.25) is 4.99 Å². The molecular formula is C21H32N4O2S. The first-order valence-corrected chi connectivity index (χ1v) is 10.2. The van der Waals surface area contributed by atoms with Crippen molar-refractivity contribution in [2.75, 3.05) is 55.5 Å². The number of guanidine groups is 1. The molecule has 1 N–H and O–H groups in total. The number of benzene rings is 1. The molecule has 1 aromatic carbocycles. The molecule has 7 heteroatoms. The summed E-state index contributed by atoms with van der Waals surface area (Å²) >= 11 is 1.79. The average molecular weight is 405 g/mol. The van der Waals surface area contributed by atoms with Crippen LogP contribution in [0.3, 0.4) is 0 Å². The minimum atomic E-state index is 0.169. The van der Waals surface area contributed by atoms with E-state index in [0.29, 0.717) is 0 Å². The number of hydrogen-bond acceptors (Lipinski definition) is 5. The van der Waals surface area contributed by atoms with Crippen LogP contribution in [-0.4, -0.2) is 71.3 Å². The Balaban J connectivity index is 2.03. The molecular weight excluding hydrogens is 372 g/mol. The summed E-state index contributed by atoms with van der Waals surface area (Å²) in [6.07, 6.45) is 1.02. The molecule has 2 aromatic rings. The van der Waals surface area contributed by atoms with E-state index in [2.05, 4.69) is 64.8 Å². The lowest BCUT2D eigenvalue weighted by Crippen LogP contribution is -2.43. The maximum Gasteiger partial charge on any atom is 0.193 e. The van der Waals surface area contributed by atoms with E-state index >= 15 is 0 Å². The van der Waals surface area contributed by atoms with E-state index in [9.17, 15) is 0 Å². The molecule has 0 radical (unpaired) electrons. The van der Waals surface area contributed by atoms with Gasteiger partial charge in [0.25, 0.3) is 0 Å². The number of nitrogens with one attached hydrogen (secondary N) is 1. The molecule has 1 aromatic heterocycles. The molecule has 0 fully saturated rings. The van der Waals surface area contributed by atoms with Crippen LogP contribution in [0, 0.1) is 0 Å². The van der Waals surface area contributed by atoms with Gasteiger partial charge in [0, 0.05) is 32.1 Å². The first-order valence-electron chi connectivity index (χ1n) is 9.32. The standard InChI is InChI=1S/C21H32N4O2S/c1-22-21(25(4)12-11-17-8-7-13-28-17)23-15-18(24(2)3)16-9-10-19(26-5)20(14-16)27-6/h7-10,13-14,18H,11-12,15H2,1-6H3,(H,22,23). The van der Waals surface area contributed by atoms with Crippen molar-refractivity contribution in [1.82, 2.24) is 15.1 Å². The molecule has 0 saturated heterocycles. The topological polar surface area (TPSA) is 49.3 Å². The maximum atomic E-state index is 5.46. The number of rotatable bonds is 9. The van der Waals surface area contributed by atoms with Crippen LogP contribution in [0.2, 0.25) is 0 Å². The van der Waals surface area contributed by atoms with Crippen LogP contribution >= 0.6 is 11.3 Å². The van der Waals surface area contributed by atoms with Crippen molar-refractivity contribution in [3.05, 3.63) is 46.2 Å². The third kappa shape index (κ3) is 5.87. The molecule has 0 bridgehead atoms. The Bertz CT molecular complexity index is 747. The molecule has 0 amide bonds. The van der Waals surface area contributed by atoms with Gasteiger partial charge in [0.05, 0.1) is 20.3 Å². The fourth-order valence-electron chi connectivity index (χ4n) is 3.07. The summed E-state index contributed by atoms with van der Waals surface area (Å²) in [4.78, 5) is 10.2. The largest absolute Gasteiger partial charge is 0.493 e. The third-order valence-corrected chi connectivity index (χ3v) is 5.65. The minimum absolute atomic E-state index is 0.169. The third-order valence-electron chi connectivity index (χ3n) is 4.72. The fraction of sp³-hybridized carbons (Fsp3) is 0.476. The lowest BCUT2D eigenvalue weighted by atomic mass is 10.1. The molecule has 0 saturated carbocycles. The van der Waals surface area contributed by atoms with Gasteiger partial charge in [0.2, 0.25) is 0 Å². The number of hydrogen-bond donors (Lipinski definition) is 1. The van der Waals surface area contributed by atoms with Crippen LogP contribution in [0.25, 0.3) is 0 Å². The predicted octanol–water partition coefficient (Wildman–Crippen LogP) is 3.12. The first kappa shape index (κ1) is 22.0. The predicted molar refractivity (Wildman–Crippen MR) is 118 cm³/mol. The van der Waals surface area contributed by atoms with Gasteiger partial charge in [-0.05, 0) is 49.7 Å². The van der Waals surface area contributed by atoms with Gasteiger partial charge >= 0.3 is 0 Å². The van der Waals surface area contributed by atoms with E-state index in [1.807, 2.05) is 19.2 Å². The molecule has 2 rings (SSSR count). The summed E-state index contributed by atoms with van der Waals surface area (Å²) in [5.41, 5.74) is 1.16. The van der Waals surface area contributed by atoms with Crippen molar-refractivity contribution >= 4 is 17.3 Å². The number of aliphatic imine (C=N–C) groups is 1. The van der Waals surface area contributed by atoms with Crippen molar-refractivity contribution in [1.29, 1.82) is 0 Å². The van der Waals surface area contributed by atoms with Crippen molar-refractivity contribution in [3.8, 4) is 11.5 Å². The van der Waals surface area contributed by atoms with E-state index in [-0.39, 0.29) is 6.04 Å². The molecule has 0 aliphatic carbocycles. The van der Waals surface area contributed by atoms with Crippen molar-refractivity contribution in [3.63, 3.8) is 0 Å². The molecule has 0 aliphatic rings. The van der Waals surface area contributed by atoms with Gasteiger partial charge < -0.3 is 24.6 Å². The second-order valence-corrected chi connectivity index (χ2v) is 7.81. The smallest absolute Gasteiger partial charge is 0.193 e. The Labute approximate surface area is 172 Å². The summed E-state index contributed by atoms with van der Waals surface area (Å²) < 4.78 is 10.8. The van der Waals surface area contributed by atoms with Crippen LogP contribution in [-0.2, 0) is 6.42 Å². The van der Waals surface area contributed by atoms with Crippen molar-refractivity contribution < 1.29 is 9.47 Å². The minimum Gasteiger partial charge on any atom is -0.493 e. The number of nitrogens with zero attached hydrogens (tertiary/aromatic N) is 3. The highest BCUT2D eigenvalue weighted by atomic mass is 32.1. The molecule has 0 aliphatic heterocycles. The quantitative estimate of drug-likeness (QED) is 0.514. The number of ether oxygens (including phenoxy) is 2. The van der Waals surface area contributed by atoms with Crippen LogP contribution in [0.4, 0.5) is 0 Å². The van der Waals surface area contributed by atoms with Crippen molar-refractivity contribution in [2.24, 2.45) is 4.99 Å². The molecule has 28 heavy (non-hydrogen) atoms. The summed E-state index contributed by atoms with van der Waals surface area (Å²) in [6.45, 7) is 1.65. The zero-order valence-electron chi connectivity index (χ0n) is 17.7. The van der Waals surface area contributed by atoms with Gasteiger partial charge in [-0.1, -0.05) is 12.1 Å². The van der Waals surface area contributed by atoms with Crippen LogP contribution in [0.5, 0.6) is 11.5 Å². The Kier molecular flexibility index (Phi) is 8.60. The summed E-state index contributed by atoms with van der Waals surface area (Å²) in [5, 5.41) is 5.63. The van der Waals surface area contributed by atoms with Gasteiger partial charge in [-0.25, -0.2) is 0 Å². The Morgan fingerprint density at radius 3 is 2.46 bits per heavy atom. The highest BCUT2D eigenvalue weighted by Crippen LogP contribution is 2.31. The Morgan fingerprint density at radius 1 is 1.14 bits per heavy atom. The second-order valence-electron chi connectivity index (χ2n) is 6.77. The van der Waals surface area contributed by atoms with Crippen LogP contribution in [0.1, 0.15) is 16.5 Å². The fourth-order valence-corrected chi connectivity index (χ4v) is 3.77. The molecule has 1 heterocycles. The molecule has 154 valence electrons.